The Labute approximate surface area is 137 Å². The smallest absolute Gasteiger partial charge is 0.241 e. The average Bonchev–Trinajstić information content (AvgIpc) is 3.14. The van der Waals surface area contributed by atoms with Gasteiger partial charge in [0.2, 0.25) is 11.7 Å². The molecule has 0 N–H and O–H groups in total. The molecule has 6 heteroatoms. The van der Waals surface area contributed by atoms with Crippen molar-refractivity contribution in [1.82, 2.24) is 15.0 Å². The van der Waals surface area contributed by atoms with Crippen LogP contribution in [0.1, 0.15) is 44.9 Å². The van der Waals surface area contributed by atoms with E-state index in [0.717, 1.165) is 28.3 Å². The first-order chi connectivity index (χ1) is 10.3. The molecule has 0 radical (unpaired) electrons. The molecule has 1 aliphatic rings. The lowest BCUT2D eigenvalue weighted by Crippen LogP contribution is -2.36. The molecule has 0 aliphatic heterocycles. The minimum atomic E-state index is 0.676. The second kappa shape index (κ2) is 7.03. The molecule has 0 amide bonds. The van der Waals surface area contributed by atoms with Crippen LogP contribution >= 0.6 is 27.3 Å². The predicted molar refractivity (Wildman–Crippen MR) is 88.3 cm³/mol. The summed E-state index contributed by atoms with van der Waals surface area (Å²) in [4.78, 5) is 8.06. The highest BCUT2D eigenvalue weighted by atomic mass is 79.9. The van der Waals surface area contributed by atoms with Gasteiger partial charge in [-0.05, 0) is 41.4 Å². The maximum atomic E-state index is 5.44. The fourth-order valence-electron chi connectivity index (χ4n) is 2.97. The summed E-state index contributed by atoms with van der Waals surface area (Å²) in [5.41, 5.74) is 0. The van der Waals surface area contributed by atoms with Crippen molar-refractivity contribution in [1.29, 1.82) is 0 Å². The second-order valence-electron chi connectivity index (χ2n) is 5.50. The van der Waals surface area contributed by atoms with Crippen LogP contribution in [-0.2, 0) is 6.54 Å². The van der Waals surface area contributed by atoms with Gasteiger partial charge in [0.15, 0.2) is 0 Å². The molecular formula is C15H20BrN3OS. The van der Waals surface area contributed by atoms with E-state index in [2.05, 4.69) is 37.9 Å². The Bertz CT molecular complexity index is 577. The van der Waals surface area contributed by atoms with Gasteiger partial charge in [-0.1, -0.05) is 31.3 Å². The van der Waals surface area contributed by atoms with Gasteiger partial charge in [-0.25, -0.2) is 0 Å². The van der Waals surface area contributed by atoms with Gasteiger partial charge in [0.25, 0.3) is 0 Å². The Balaban J connectivity index is 1.67. The first kappa shape index (κ1) is 15.2. The maximum absolute atomic E-state index is 5.44. The number of hydrogen-bond acceptors (Lipinski definition) is 5. The molecule has 0 spiro atoms. The lowest BCUT2D eigenvalue weighted by Gasteiger charge is -2.32. The molecule has 0 bridgehead atoms. The summed E-state index contributed by atoms with van der Waals surface area (Å²) in [5.74, 6) is 1.42. The summed E-state index contributed by atoms with van der Waals surface area (Å²) in [5, 5.41) is 6.14. The van der Waals surface area contributed by atoms with E-state index in [1.54, 1.807) is 11.3 Å². The molecule has 0 saturated heterocycles. The molecule has 4 nitrogen and oxygen atoms in total. The van der Waals surface area contributed by atoms with Gasteiger partial charge in [-0.2, -0.15) is 4.98 Å². The quantitative estimate of drug-likeness (QED) is 0.764. The summed E-state index contributed by atoms with van der Waals surface area (Å²) >= 11 is 5.08. The van der Waals surface area contributed by atoms with Crippen LogP contribution < -0.4 is 0 Å². The van der Waals surface area contributed by atoms with Crippen LogP contribution in [0.5, 0.6) is 0 Å². The fourth-order valence-corrected chi connectivity index (χ4v) is 4.32. The van der Waals surface area contributed by atoms with Crippen molar-refractivity contribution >= 4 is 27.3 Å². The third-order valence-corrected chi connectivity index (χ3v) is 5.78. The molecule has 0 unspecified atom stereocenters. The first-order valence-electron chi connectivity index (χ1n) is 7.57. The number of rotatable bonds is 5. The summed E-state index contributed by atoms with van der Waals surface area (Å²) in [6.07, 6.45) is 6.67. The van der Waals surface area contributed by atoms with Crippen LogP contribution in [0.4, 0.5) is 0 Å². The van der Waals surface area contributed by atoms with Crippen molar-refractivity contribution in [3.63, 3.8) is 0 Å². The fraction of sp³-hybridized carbons (Fsp3) is 0.600. The molecule has 114 valence electrons. The number of aromatic nitrogens is 2. The minimum absolute atomic E-state index is 0.676. The van der Waals surface area contributed by atoms with Crippen LogP contribution in [0.2, 0.25) is 0 Å². The van der Waals surface area contributed by atoms with Crippen molar-refractivity contribution in [2.45, 2.75) is 51.6 Å². The molecule has 2 heterocycles. The molecule has 1 saturated carbocycles. The van der Waals surface area contributed by atoms with Crippen molar-refractivity contribution in [3.05, 3.63) is 21.8 Å². The highest BCUT2D eigenvalue weighted by molar-refractivity contribution is 9.10. The lowest BCUT2D eigenvalue weighted by molar-refractivity contribution is 0.139. The average molecular weight is 370 g/mol. The van der Waals surface area contributed by atoms with Crippen molar-refractivity contribution < 1.29 is 4.52 Å². The van der Waals surface area contributed by atoms with E-state index >= 15 is 0 Å². The summed E-state index contributed by atoms with van der Waals surface area (Å²) in [6, 6.07) is 2.70. The first-order valence-corrected chi connectivity index (χ1v) is 9.24. The molecule has 1 fully saturated rings. The van der Waals surface area contributed by atoms with Gasteiger partial charge in [0.05, 0.1) is 11.4 Å². The molecule has 1 aliphatic carbocycles. The summed E-state index contributed by atoms with van der Waals surface area (Å²) < 4.78 is 6.50. The normalized spacial score (nSPS) is 16.7. The largest absolute Gasteiger partial charge is 0.338 e. The Morgan fingerprint density at radius 2 is 2.19 bits per heavy atom. The van der Waals surface area contributed by atoms with Gasteiger partial charge >= 0.3 is 0 Å². The van der Waals surface area contributed by atoms with Crippen LogP contribution in [0.3, 0.4) is 0 Å². The molecule has 3 rings (SSSR count). The third kappa shape index (κ3) is 3.73. The van der Waals surface area contributed by atoms with Gasteiger partial charge in [0, 0.05) is 15.9 Å². The van der Waals surface area contributed by atoms with E-state index in [1.807, 2.05) is 11.4 Å². The predicted octanol–water partition coefficient (Wildman–Crippen LogP) is 4.72. The van der Waals surface area contributed by atoms with E-state index in [9.17, 15) is 0 Å². The van der Waals surface area contributed by atoms with E-state index in [4.69, 9.17) is 4.52 Å². The molecular weight excluding hydrogens is 350 g/mol. The summed E-state index contributed by atoms with van der Waals surface area (Å²) in [6.45, 7) is 4.01. The SMILES string of the molecule is CCN(Cc1nc(-c2cc(Br)cs2)no1)C1CCCCC1. The Morgan fingerprint density at radius 1 is 1.38 bits per heavy atom. The number of nitrogens with zero attached hydrogens (tertiary/aromatic N) is 3. The van der Waals surface area contributed by atoms with Gasteiger partial charge in [-0.3, -0.25) is 4.90 Å². The maximum Gasteiger partial charge on any atom is 0.241 e. The minimum Gasteiger partial charge on any atom is -0.338 e. The standard InChI is InChI=1S/C15H20BrN3OS/c1-2-19(12-6-4-3-5-7-12)9-14-17-15(18-20-14)13-8-11(16)10-21-13/h8,10,12H,2-7,9H2,1H3. The van der Waals surface area contributed by atoms with E-state index in [0.29, 0.717) is 11.9 Å². The van der Waals surface area contributed by atoms with E-state index < -0.39 is 0 Å². The van der Waals surface area contributed by atoms with Crippen molar-refractivity contribution in [2.24, 2.45) is 0 Å². The van der Waals surface area contributed by atoms with E-state index in [1.165, 1.54) is 32.1 Å². The topological polar surface area (TPSA) is 42.2 Å². The van der Waals surface area contributed by atoms with Gasteiger partial charge < -0.3 is 4.52 Å². The lowest BCUT2D eigenvalue weighted by atomic mass is 9.94. The van der Waals surface area contributed by atoms with Crippen LogP contribution in [0, 0.1) is 0 Å². The zero-order valence-corrected chi connectivity index (χ0v) is 14.6. The number of hydrogen-bond donors (Lipinski definition) is 0. The van der Waals surface area contributed by atoms with Crippen LogP contribution in [0.15, 0.2) is 20.4 Å². The Hall–Kier alpha value is -0.720. The molecule has 2 aromatic rings. The van der Waals surface area contributed by atoms with E-state index in [-0.39, 0.29) is 0 Å². The second-order valence-corrected chi connectivity index (χ2v) is 7.32. The number of thiophene rings is 1. The molecule has 21 heavy (non-hydrogen) atoms. The number of halogens is 1. The monoisotopic (exact) mass is 369 g/mol. The van der Waals surface area contributed by atoms with Gasteiger partial charge in [-0.15, -0.1) is 11.3 Å². The Morgan fingerprint density at radius 3 is 2.86 bits per heavy atom. The van der Waals surface area contributed by atoms with Crippen molar-refractivity contribution in [2.75, 3.05) is 6.54 Å². The van der Waals surface area contributed by atoms with Crippen molar-refractivity contribution in [3.8, 4) is 10.7 Å². The highest BCUT2D eigenvalue weighted by Gasteiger charge is 2.22. The molecule has 2 aromatic heterocycles. The van der Waals surface area contributed by atoms with Crippen LogP contribution in [-0.4, -0.2) is 27.6 Å². The zero-order chi connectivity index (χ0) is 14.7. The summed E-state index contributed by atoms with van der Waals surface area (Å²) in [7, 11) is 0. The zero-order valence-electron chi connectivity index (χ0n) is 12.2. The van der Waals surface area contributed by atoms with Crippen LogP contribution in [0.25, 0.3) is 10.7 Å². The highest BCUT2D eigenvalue weighted by Crippen LogP contribution is 2.28. The van der Waals surface area contributed by atoms with Gasteiger partial charge in [0.1, 0.15) is 0 Å². The Kier molecular flexibility index (Phi) is 5.08. The molecule has 0 aromatic carbocycles. The third-order valence-electron chi connectivity index (χ3n) is 4.09. The molecule has 0 atom stereocenters.